The summed E-state index contributed by atoms with van der Waals surface area (Å²) in [7, 11) is -2.19. The molecule has 0 saturated carbocycles. The molecule has 3 nitrogen and oxygen atoms in total. The fraction of sp³-hybridized carbons (Fsp3) is 0.200. The number of sulfonamides is 1. The molecule has 0 bridgehead atoms. The van der Waals surface area contributed by atoms with Gasteiger partial charge in [0.2, 0.25) is 10.0 Å². The van der Waals surface area contributed by atoms with Crippen molar-refractivity contribution in [3.63, 3.8) is 0 Å². The van der Waals surface area contributed by atoms with Crippen molar-refractivity contribution >= 4 is 21.6 Å². The maximum Gasteiger partial charge on any atom is 0.243 e. The number of rotatable bonds is 5. The third-order valence-electron chi connectivity index (χ3n) is 3.12. The van der Waals surface area contributed by atoms with Crippen molar-refractivity contribution in [2.24, 2.45) is 0 Å². The summed E-state index contributed by atoms with van der Waals surface area (Å²) < 4.78 is 39.6. The number of halogens is 2. The smallest absolute Gasteiger partial charge is 0.207 e. The van der Waals surface area contributed by atoms with Crippen molar-refractivity contribution in [1.82, 2.24) is 4.31 Å². The Morgan fingerprint density at radius 3 is 2.43 bits per heavy atom. The first-order chi connectivity index (χ1) is 9.95. The van der Waals surface area contributed by atoms with Crippen LogP contribution in [0.1, 0.15) is 11.1 Å². The van der Waals surface area contributed by atoms with Crippen LogP contribution >= 0.6 is 11.6 Å². The van der Waals surface area contributed by atoms with Crippen molar-refractivity contribution in [2.75, 3.05) is 7.05 Å². The molecule has 21 heavy (non-hydrogen) atoms. The summed E-state index contributed by atoms with van der Waals surface area (Å²) in [5, 5.41) is 0. The molecule has 0 heterocycles. The molecule has 0 unspecified atom stereocenters. The molecular formula is C15H15ClFNO2S. The third-order valence-corrected chi connectivity index (χ3v) is 5.20. The molecule has 0 spiro atoms. The Hall–Kier alpha value is -1.43. The quantitative estimate of drug-likeness (QED) is 0.789. The Morgan fingerprint density at radius 1 is 1.14 bits per heavy atom. The van der Waals surface area contributed by atoms with Gasteiger partial charge >= 0.3 is 0 Å². The van der Waals surface area contributed by atoms with Gasteiger partial charge in [0.05, 0.1) is 10.8 Å². The van der Waals surface area contributed by atoms with Gasteiger partial charge < -0.3 is 0 Å². The van der Waals surface area contributed by atoms with E-state index in [2.05, 4.69) is 0 Å². The van der Waals surface area contributed by atoms with Gasteiger partial charge in [-0.1, -0.05) is 30.3 Å². The van der Waals surface area contributed by atoms with Crippen molar-refractivity contribution in [3.05, 3.63) is 65.5 Å². The maximum absolute atomic E-state index is 13.4. The first kappa shape index (κ1) is 15.9. The highest BCUT2D eigenvalue weighted by Crippen LogP contribution is 2.20. The van der Waals surface area contributed by atoms with E-state index < -0.39 is 15.8 Å². The first-order valence-corrected chi connectivity index (χ1v) is 8.27. The Labute approximate surface area is 129 Å². The van der Waals surface area contributed by atoms with Crippen LogP contribution in [-0.2, 0) is 22.4 Å². The van der Waals surface area contributed by atoms with Crippen molar-refractivity contribution in [2.45, 2.75) is 17.3 Å². The van der Waals surface area contributed by atoms with E-state index in [0.717, 1.165) is 11.6 Å². The molecule has 0 atom stereocenters. The lowest BCUT2D eigenvalue weighted by Crippen LogP contribution is -2.26. The predicted molar refractivity (Wildman–Crippen MR) is 81.1 cm³/mol. The van der Waals surface area contributed by atoms with Crippen LogP contribution in [0.15, 0.2) is 53.4 Å². The second-order valence-electron chi connectivity index (χ2n) is 4.63. The maximum atomic E-state index is 13.4. The van der Waals surface area contributed by atoms with Crippen molar-refractivity contribution in [1.29, 1.82) is 0 Å². The zero-order valence-corrected chi connectivity index (χ0v) is 13.0. The Morgan fingerprint density at radius 2 is 1.81 bits per heavy atom. The van der Waals surface area contributed by atoms with Crippen LogP contribution in [0.25, 0.3) is 0 Å². The summed E-state index contributed by atoms with van der Waals surface area (Å²) in [6.45, 7) is 0.247. The highest BCUT2D eigenvalue weighted by atomic mass is 35.5. The van der Waals surface area contributed by atoms with Crippen LogP contribution in [0.3, 0.4) is 0 Å². The Bertz CT molecular complexity index is 720. The molecule has 0 fully saturated rings. The SMILES string of the molecule is CN(Cc1ccccc1)S(=O)(=O)c1ccc(F)c(CCl)c1. The zero-order chi connectivity index (χ0) is 15.5. The van der Waals surface area contributed by atoms with Gasteiger partial charge in [0.15, 0.2) is 0 Å². The molecule has 0 amide bonds. The average Bonchev–Trinajstić information content (AvgIpc) is 2.48. The summed E-state index contributed by atoms with van der Waals surface area (Å²) in [5.41, 5.74) is 1.05. The lowest BCUT2D eigenvalue weighted by Gasteiger charge is -2.17. The van der Waals surface area contributed by atoms with Crippen LogP contribution in [0.5, 0.6) is 0 Å². The number of nitrogens with zero attached hydrogens (tertiary/aromatic N) is 1. The van der Waals surface area contributed by atoms with E-state index in [1.165, 1.54) is 23.5 Å². The summed E-state index contributed by atoms with van der Waals surface area (Å²) in [4.78, 5) is 0.0398. The standard InChI is InChI=1S/C15H15ClFNO2S/c1-18(11-12-5-3-2-4-6-12)21(19,20)14-7-8-15(17)13(9-14)10-16/h2-9H,10-11H2,1H3. The van der Waals surface area contributed by atoms with Crippen LogP contribution in [0.4, 0.5) is 4.39 Å². The minimum absolute atomic E-state index is 0.0398. The number of benzene rings is 2. The van der Waals surface area contributed by atoms with Crippen LogP contribution in [0, 0.1) is 5.82 Å². The molecule has 0 N–H and O–H groups in total. The predicted octanol–water partition coefficient (Wildman–Crippen LogP) is 3.39. The summed E-state index contributed by atoms with van der Waals surface area (Å²) in [6.07, 6.45) is 0. The number of alkyl halides is 1. The largest absolute Gasteiger partial charge is 0.243 e. The molecule has 112 valence electrons. The molecule has 0 aliphatic heterocycles. The number of hydrogen-bond acceptors (Lipinski definition) is 2. The van der Waals surface area contributed by atoms with E-state index in [9.17, 15) is 12.8 Å². The molecule has 0 radical (unpaired) electrons. The van der Waals surface area contributed by atoms with Gasteiger partial charge in [0.1, 0.15) is 5.82 Å². The van der Waals surface area contributed by atoms with E-state index in [1.54, 1.807) is 0 Å². The molecule has 6 heteroatoms. The van der Waals surface area contributed by atoms with Gasteiger partial charge in [-0.25, -0.2) is 12.8 Å². The van der Waals surface area contributed by atoms with Gasteiger partial charge in [0, 0.05) is 19.2 Å². The lowest BCUT2D eigenvalue weighted by atomic mass is 10.2. The topological polar surface area (TPSA) is 37.4 Å². The minimum Gasteiger partial charge on any atom is -0.207 e. The molecule has 2 rings (SSSR count). The van der Waals surface area contributed by atoms with E-state index in [1.807, 2.05) is 30.3 Å². The average molecular weight is 328 g/mol. The molecule has 2 aromatic carbocycles. The molecule has 0 aliphatic rings. The third kappa shape index (κ3) is 3.61. The highest BCUT2D eigenvalue weighted by molar-refractivity contribution is 7.89. The van der Waals surface area contributed by atoms with Crippen LogP contribution in [0.2, 0.25) is 0 Å². The first-order valence-electron chi connectivity index (χ1n) is 6.30. The summed E-state index contributed by atoms with van der Waals surface area (Å²) >= 11 is 5.62. The molecular weight excluding hydrogens is 313 g/mol. The Kier molecular flexibility index (Phi) is 4.98. The monoisotopic (exact) mass is 327 g/mol. The van der Waals surface area contributed by atoms with Gasteiger partial charge in [-0.2, -0.15) is 4.31 Å². The minimum atomic E-state index is -3.68. The summed E-state index contributed by atoms with van der Waals surface area (Å²) in [5.74, 6) is -0.577. The highest BCUT2D eigenvalue weighted by Gasteiger charge is 2.22. The molecule has 0 aromatic heterocycles. The zero-order valence-electron chi connectivity index (χ0n) is 11.5. The lowest BCUT2D eigenvalue weighted by molar-refractivity contribution is 0.466. The second-order valence-corrected chi connectivity index (χ2v) is 6.95. The van der Waals surface area contributed by atoms with E-state index in [4.69, 9.17) is 11.6 Å². The van der Waals surface area contributed by atoms with Gasteiger partial charge in [-0.3, -0.25) is 0 Å². The van der Waals surface area contributed by atoms with Crippen LogP contribution < -0.4 is 0 Å². The number of hydrogen-bond donors (Lipinski definition) is 0. The Balaban J connectivity index is 2.29. The molecule has 0 aliphatic carbocycles. The van der Waals surface area contributed by atoms with E-state index >= 15 is 0 Å². The van der Waals surface area contributed by atoms with Crippen LogP contribution in [-0.4, -0.2) is 19.8 Å². The van der Waals surface area contributed by atoms with Crippen molar-refractivity contribution in [3.8, 4) is 0 Å². The van der Waals surface area contributed by atoms with E-state index in [0.29, 0.717) is 0 Å². The van der Waals surface area contributed by atoms with Gasteiger partial charge in [-0.05, 0) is 23.8 Å². The molecule has 0 saturated heterocycles. The fourth-order valence-electron chi connectivity index (χ4n) is 1.92. The second kappa shape index (κ2) is 6.56. The molecule has 2 aromatic rings. The fourth-order valence-corrected chi connectivity index (χ4v) is 3.33. The van der Waals surface area contributed by atoms with Crippen molar-refractivity contribution < 1.29 is 12.8 Å². The van der Waals surface area contributed by atoms with Gasteiger partial charge in [-0.15, -0.1) is 11.6 Å². The van der Waals surface area contributed by atoms with E-state index in [-0.39, 0.29) is 22.9 Å². The van der Waals surface area contributed by atoms with Gasteiger partial charge in [0.25, 0.3) is 0 Å². The normalized spacial score (nSPS) is 11.8. The summed E-state index contributed by atoms with van der Waals surface area (Å²) in [6, 6.07) is 12.9.